The molecule has 5 rings (SSSR count). The highest BCUT2D eigenvalue weighted by atomic mass is 16.5. The fraction of sp³-hybridized carbons (Fsp3) is 0.522. The minimum Gasteiger partial charge on any atom is -0.402 e. The molecule has 3 heterocycles. The summed E-state index contributed by atoms with van der Waals surface area (Å²) in [6.45, 7) is 8.11. The van der Waals surface area contributed by atoms with Crippen LogP contribution in [0.4, 0.5) is 11.7 Å². The monoisotopic (exact) mass is 407 g/mol. The molecule has 0 bridgehead atoms. The number of nitrogens with two attached hydrogens (primary N) is 1. The van der Waals surface area contributed by atoms with Crippen molar-refractivity contribution in [2.75, 3.05) is 24.2 Å². The summed E-state index contributed by atoms with van der Waals surface area (Å²) in [6, 6.07) is 6.72. The van der Waals surface area contributed by atoms with Crippen LogP contribution in [-0.2, 0) is 10.2 Å². The normalized spacial score (nSPS) is 19.5. The second-order valence-electron chi connectivity index (χ2n) is 9.51. The molecule has 7 heteroatoms. The van der Waals surface area contributed by atoms with Crippen LogP contribution in [0.2, 0.25) is 0 Å². The van der Waals surface area contributed by atoms with E-state index in [2.05, 4.69) is 48.4 Å². The van der Waals surface area contributed by atoms with E-state index >= 15 is 0 Å². The zero-order valence-corrected chi connectivity index (χ0v) is 17.9. The van der Waals surface area contributed by atoms with Gasteiger partial charge in [-0.3, -0.25) is 0 Å². The number of aromatic nitrogens is 3. The van der Waals surface area contributed by atoms with Gasteiger partial charge in [-0.2, -0.15) is 0 Å². The van der Waals surface area contributed by atoms with Crippen molar-refractivity contribution in [3.63, 3.8) is 0 Å². The minimum atomic E-state index is -0.0515. The van der Waals surface area contributed by atoms with Crippen molar-refractivity contribution < 1.29 is 9.15 Å². The number of ether oxygens (including phenoxy) is 1. The standard InChI is InChI=1S/C23H29N5O2/c1-23(2,3)17-10-14(13-6-7-13)9-16-18(24)11-19(26-20(16)17)21-27-28-22(30-21)25-12-15-5-4-8-29-15/h9-11,13,15H,4-8,12H2,1-3H3,(H2,24,26)(H,25,28)/t15-/m0/s1. The number of hydrogen-bond donors (Lipinski definition) is 2. The third kappa shape index (κ3) is 3.74. The first-order chi connectivity index (χ1) is 14.4. The Morgan fingerprint density at radius 3 is 2.67 bits per heavy atom. The van der Waals surface area contributed by atoms with Gasteiger partial charge in [-0.05, 0) is 60.3 Å². The third-order valence-electron chi connectivity index (χ3n) is 5.97. The molecule has 0 radical (unpaired) electrons. The Balaban J connectivity index is 1.50. The molecule has 1 saturated heterocycles. The maximum Gasteiger partial charge on any atom is 0.315 e. The summed E-state index contributed by atoms with van der Waals surface area (Å²) < 4.78 is 11.4. The zero-order valence-electron chi connectivity index (χ0n) is 17.9. The lowest BCUT2D eigenvalue weighted by molar-refractivity contribution is 0.120. The molecule has 1 aliphatic heterocycles. The lowest BCUT2D eigenvalue weighted by Crippen LogP contribution is -2.18. The summed E-state index contributed by atoms with van der Waals surface area (Å²) in [5.74, 6) is 1.02. The summed E-state index contributed by atoms with van der Waals surface area (Å²) in [5, 5.41) is 12.5. The van der Waals surface area contributed by atoms with Crippen LogP contribution in [0.25, 0.3) is 22.5 Å². The number of benzene rings is 1. The van der Waals surface area contributed by atoms with Gasteiger partial charge < -0.3 is 20.2 Å². The van der Waals surface area contributed by atoms with Crippen LogP contribution in [0, 0.1) is 0 Å². The molecular formula is C23H29N5O2. The highest BCUT2D eigenvalue weighted by Gasteiger charge is 2.28. The largest absolute Gasteiger partial charge is 0.402 e. The molecule has 1 saturated carbocycles. The Morgan fingerprint density at radius 2 is 1.97 bits per heavy atom. The van der Waals surface area contributed by atoms with E-state index in [9.17, 15) is 0 Å². The van der Waals surface area contributed by atoms with Crippen LogP contribution in [0.5, 0.6) is 0 Å². The number of rotatable bonds is 5. The quantitative estimate of drug-likeness (QED) is 0.636. The number of pyridine rings is 1. The molecular weight excluding hydrogens is 378 g/mol. The molecule has 2 aromatic heterocycles. The van der Waals surface area contributed by atoms with Gasteiger partial charge in [0.2, 0.25) is 0 Å². The second-order valence-corrected chi connectivity index (χ2v) is 9.51. The zero-order chi connectivity index (χ0) is 20.9. The average molecular weight is 408 g/mol. The van der Waals surface area contributed by atoms with Gasteiger partial charge in [0.05, 0.1) is 11.6 Å². The summed E-state index contributed by atoms with van der Waals surface area (Å²) >= 11 is 0. The molecule has 0 unspecified atom stereocenters. The molecule has 0 spiro atoms. The molecule has 158 valence electrons. The molecule has 7 nitrogen and oxygen atoms in total. The van der Waals surface area contributed by atoms with Gasteiger partial charge in [0.25, 0.3) is 5.89 Å². The molecule has 2 aliphatic rings. The molecule has 1 aliphatic carbocycles. The van der Waals surface area contributed by atoms with Crippen molar-refractivity contribution in [3.8, 4) is 11.6 Å². The van der Waals surface area contributed by atoms with E-state index < -0.39 is 0 Å². The maximum atomic E-state index is 6.48. The van der Waals surface area contributed by atoms with Crippen LogP contribution in [-0.4, -0.2) is 34.4 Å². The van der Waals surface area contributed by atoms with Crippen LogP contribution in [0.15, 0.2) is 22.6 Å². The fourth-order valence-electron chi connectivity index (χ4n) is 4.11. The van der Waals surface area contributed by atoms with Gasteiger partial charge in [-0.15, -0.1) is 5.10 Å². The SMILES string of the molecule is CC(C)(C)c1cc(C2CC2)cc2c(N)cc(-c3nnc(NC[C@@H]4CCCO4)o3)nc12. The molecule has 1 aromatic carbocycles. The number of hydrogen-bond acceptors (Lipinski definition) is 7. The first-order valence-electron chi connectivity index (χ1n) is 10.8. The average Bonchev–Trinajstić information content (AvgIpc) is 3.22. The molecule has 2 fully saturated rings. The molecule has 30 heavy (non-hydrogen) atoms. The molecule has 3 aromatic rings. The van der Waals surface area contributed by atoms with Gasteiger partial charge in [0.15, 0.2) is 0 Å². The van der Waals surface area contributed by atoms with Gasteiger partial charge in [0.1, 0.15) is 5.69 Å². The Bertz CT molecular complexity index is 1080. The summed E-state index contributed by atoms with van der Waals surface area (Å²) in [6.07, 6.45) is 4.86. The summed E-state index contributed by atoms with van der Waals surface area (Å²) in [5.41, 5.74) is 11.2. The van der Waals surface area contributed by atoms with Crippen molar-refractivity contribution in [2.24, 2.45) is 0 Å². The number of nitrogens with zero attached hydrogens (tertiary/aromatic N) is 3. The van der Waals surface area contributed by atoms with Gasteiger partial charge >= 0.3 is 6.01 Å². The van der Waals surface area contributed by atoms with Crippen LogP contribution in [0.3, 0.4) is 0 Å². The molecule has 3 N–H and O–H groups in total. The second kappa shape index (κ2) is 7.23. The Labute approximate surface area is 176 Å². The van der Waals surface area contributed by atoms with E-state index in [1.807, 2.05) is 6.07 Å². The first kappa shape index (κ1) is 19.3. The summed E-state index contributed by atoms with van der Waals surface area (Å²) in [7, 11) is 0. The number of nitrogens with one attached hydrogen (secondary N) is 1. The highest BCUT2D eigenvalue weighted by molar-refractivity contribution is 5.95. The number of nitrogen functional groups attached to an aromatic ring is 1. The maximum absolute atomic E-state index is 6.48. The predicted octanol–water partition coefficient (Wildman–Crippen LogP) is 4.63. The van der Waals surface area contributed by atoms with Gasteiger partial charge in [0, 0.05) is 24.2 Å². The van der Waals surface area contributed by atoms with E-state index in [4.69, 9.17) is 19.9 Å². The van der Waals surface area contributed by atoms with Gasteiger partial charge in [-0.1, -0.05) is 31.9 Å². The molecule has 1 atom stereocenters. The van der Waals surface area contributed by atoms with Crippen LogP contribution < -0.4 is 11.1 Å². The highest BCUT2D eigenvalue weighted by Crippen LogP contribution is 2.44. The van der Waals surface area contributed by atoms with E-state index in [1.165, 1.54) is 24.0 Å². The lowest BCUT2D eigenvalue weighted by atomic mass is 9.83. The van der Waals surface area contributed by atoms with Gasteiger partial charge in [-0.25, -0.2) is 4.98 Å². The van der Waals surface area contributed by atoms with Crippen LogP contribution in [0.1, 0.15) is 63.5 Å². The van der Waals surface area contributed by atoms with Crippen LogP contribution >= 0.6 is 0 Å². The van der Waals surface area contributed by atoms with Crippen molar-refractivity contribution >= 4 is 22.6 Å². The van der Waals surface area contributed by atoms with Crippen molar-refractivity contribution in [2.45, 2.75) is 63.9 Å². The Morgan fingerprint density at radius 1 is 1.13 bits per heavy atom. The summed E-state index contributed by atoms with van der Waals surface area (Å²) in [4.78, 5) is 4.92. The number of anilines is 2. The Hall–Kier alpha value is -2.67. The third-order valence-corrected chi connectivity index (χ3v) is 5.97. The van der Waals surface area contributed by atoms with Crippen molar-refractivity contribution in [1.82, 2.24) is 15.2 Å². The van der Waals surface area contributed by atoms with Crippen molar-refractivity contribution in [3.05, 3.63) is 29.3 Å². The predicted molar refractivity (Wildman–Crippen MR) is 118 cm³/mol. The molecule has 0 amide bonds. The lowest BCUT2D eigenvalue weighted by Gasteiger charge is -2.23. The Kier molecular flexibility index (Phi) is 4.65. The van der Waals surface area contributed by atoms with E-state index in [0.717, 1.165) is 30.4 Å². The minimum absolute atomic E-state index is 0.0515. The van der Waals surface area contributed by atoms with E-state index in [1.54, 1.807) is 0 Å². The smallest absolute Gasteiger partial charge is 0.315 e. The first-order valence-corrected chi connectivity index (χ1v) is 10.8. The van der Waals surface area contributed by atoms with Crippen molar-refractivity contribution in [1.29, 1.82) is 0 Å². The van der Waals surface area contributed by atoms with E-state index in [-0.39, 0.29) is 11.5 Å². The number of fused-ring (bicyclic) bond motifs is 1. The topological polar surface area (TPSA) is 99.1 Å². The van der Waals surface area contributed by atoms with E-state index in [0.29, 0.717) is 35.7 Å². The fourth-order valence-corrected chi connectivity index (χ4v) is 4.11.